The highest BCUT2D eigenvalue weighted by atomic mass is 19.1. The van der Waals surface area contributed by atoms with Crippen LogP contribution in [0.25, 0.3) is 17.0 Å². The number of pyridine rings is 1. The number of halogens is 1. The molecule has 0 amide bonds. The number of carbonyl (C=O) groups excluding carboxylic acids is 1. The maximum atomic E-state index is 12.9. The molecule has 0 radical (unpaired) electrons. The van der Waals surface area contributed by atoms with Crippen LogP contribution in [0.2, 0.25) is 0 Å². The fraction of sp³-hybridized carbons (Fsp3) is 0.0714. The maximum absolute atomic E-state index is 12.9. The van der Waals surface area contributed by atoms with E-state index in [9.17, 15) is 9.18 Å². The molecular formula is C14H10FN3O2. The summed E-state index contributed by atoms with van der Waals surface area (Å²) < 4.78 is 19.3. The largest absolute Gasteiger partial charge is 0.465 e. The van der Waals surface area contributed by atoms with Gasteiger partial charge in [0.05, 0.1) is 12.7 Å². The van der Waals surface area contributed by atoms with Crippen LogP contribution in [0.1, 0.15) is 10.4 Å². The second-order valence-electron chi connectivity index (χ2n) is 4.17. The molecule has 100 valence electrons. The molecule has 3 aromatic rings. The zero-order valence-electron chi connectivity index (χ0n) is 10.6. The molecule has 0 spiro atoms. The number of hydrogen-bond donors (Lipinski definition) is 0. The second-order valence-corrected chi connectivity index (χ2v) is 4.17. The fourth-order valence-corrected chi connectivity index (χ4v) is 1.93. The fourth-order valence-electron chi connectivity index (χ4n) is 1.93. The van der Waals surface area contributed by atoms with Crippen LogP contribution in [0, 0.1) is 5.82 Å². The number of rotatable bonds is 2. The van der Waals surface area contributed by atoms with Gasteiger partial charge in [-0.1, -0.05) is 0 Å². The topological polar surface area (TPSA) is 56.5 Å². The number of ether oxygens (including phenoxy) is 1. The van der Waals surface area contributed by atoms with Crippen molar-refractivity contribution in [2.24, 2.45) is 0 Å². The smallest absolute Gasteiger partial charge is 0.338 e. The van der Waals surface area contributed by atoms with Crippen LogP contribution in [0.4, 0.5) is 4.39 Å². The number of fused-ring (bicyclic) bond motifs is 1. The predicted molar refractivity (Wildman–Crippen MR) is 69.7 cm³/mol. The summed E-state index contributed by atoms with van der Waals surface area (Å²) in [7, 11) is 1.32. The van der Waals surface area contributed by atoms with Crippen molar-refractivity contribution in [3.05, 3.63) is 54.0 Å². The molecule has 3 rings (SSSR count). The van der Waals surface area contributed by atoms with Gasteiger partial charge in [0, 0.05) is 11.8 Å². The van der Waals surface area contributed by atoms with Crippen LogP contribution in [0.5, 0.6) is 0 Å². The van der Waals surface area contributed by atoms with E-state index in [0.29, 0.717) is 17.0 Å². The molecule has 0 aliphatic rings. The minimum atomic E-state index is -0.432. The van der Waals surface area contributed by atoms with E-state index < -0.39 is 5.97 Å². The highest BCUT2D eigenvalue weighted by Crippen LogP contribution is 2.19. The van der Waals surface area contributed by atoms with Crippen molar-refractivity contribution in [3.63, 3.8) is 0 Å². The zero-order chi connectivity index (χ0) is 14.1. The van der Waals surface area contributed by atoms with Gasteiger partial charge in [0.2, 0.25) is 0 Å². The summed E-state index contributed by atoms with van der Waals surface area (Å²) >= 11 is 0. The molecule has 0 saturated heterocycles. The van der Waals surface area contributed by atoms with Crippen LogP contribution >= 0.6 is 0 Å². The Balaban J connectivity index is 2.10. The Labute approximate surface area is 113 Å². The van der Waals surface area contributed by atoms with Crippen molar-refractivity contribution >= 4 is 11.6 Å². The molecule has 0 aliphatic heterocycles. The highest BCUT2D eigenvalue weighted by molar-refractivity contribution is 5.90. The number of nitrogens with zero attached hydrogens (tertiary/aromatic N) is 3. The summed E-state index contributed by atoms with van der Waals surface area (Å²) in [5, 5.41) is 8.07. The van der Waals surface area contributed by atoms with Crippen LogP contribution in [-0.2, 0) is 4.74 Å². The Kier molecular flexibility index (Phi) is 2.90. The van der Waals surface area contributed by atoms with Gasteiger partial charge >= 0.3 is 5.97 Å². The summed E-state index contributed by atoms with van der Waals surface area (Å²) in [6, 6.07) is 9.18. The Hall–Kier alpha value is -2.76. The van der Waals surface area contributed by atoms with E-state index in [0.717, 1.165) is 5.56 Å². The standard InChI is InChI=1S/C14H10FN3O2/c1-20-14(19)10-6-7-18-12(8-10)16-17-13(18)9-2-4-11(15)5-3-9/h2-8H,1H3. The zero-order valence-corrected chi connectivity index (χ0v) is 10.6. The molecule has 0 N–H and O–H groups in total. The van der Waals surface area contributed by atoms with E-state index in [2.05, 4.69) is 14.9 Å². The van der Waals surface area contributed by atoms with Gasteiger partial charge < -0.3 is 4.74 Å². The molecule has 20 heavy (non-hydrogen) atoms. The second kappa shape index (κ2) is 4.73. The number of hydrogen-bond acceptors (Lipinski definition) is 4. The normalized spacial score (nSPS) is 10.7. The van der Waals surface area contributed by atoms with E-state index in [4.69, 9.17) is 0 Å². The minimum Gasteiger partial charge on any atom is -0.465 e. The number of methoxy groups -OCH3 is 1. The number of aromatic nitrogens is 3. The predicted octanol–water partition coefficient (Wildman–Crippen LogP) is 2.32. The molecule has 6 heteroatoms. The molecular weight excluding hydrogens is 261 g/mol. The Morgan fingerprint density at radius 3 is 2.65 bits per heavy atom. The summed E-state index contributed by atoms with van der Waals surface area (Å²) in [5.74, 6) is -0.161. The van der Waals surface area contributed by atoms with E-state index in [-0.39, 0.29) is 5.82 Å². The van der Waals surface area contributed by atoms with E-state index >= 15 is 0 Å². The van der Waals surface area contributed by atoms with Crippen molar-refractivity contribution in [1.29, 1.82) is 0 Å². The first kappa shape index (κ1) is 12.3. The van der Waals surface area contributed by atoms with Crippen molar-refractivity contribution in [3.8, 4) is 11.4 Å². The van der Waals surface area contributed by atoms with Crippen molar-refractivity contribution in [2.75, 3.05) is 7.11 Å². The molecule has 2 heterocycles. The lowest BCUT2D eigenvalue weighted by atomic mass is 10.2. The average Bonchev–Trinajstić information content (AvgIpc) is 2.90. The van der Waals surface area contributed by atoms with Gasteiger partial charge in [-0.3, -0.25) is 4.40 Å². The average molecular weight is 271 g/mol. The molecule has 5 nitrogen and oxygen atoms in total. The molecule has 1 aromatic carbocycles. The van der Waals surface area contributed by atoms with Crippen LogP contribution in [0.15, 0.2) is 42.6 Å². The first-order valence-electron chi connectivity index (χ1n) is 5.88. The quantitative estimate of drug-likeness (QED) is 0.671. The van der Waals surface area contributed by atoms with Gasteiger partial charge in [-0.25, -0.2) is 9.18 Å². The third kappa shape index (κ3) is 2.01. The van der Waals surface area contributed by atoms with Gasteiger partial charge in [0.15, 0.2) is 11.5 Å². The summed E-state index contributed by atoms with van der Waals surface area (Å²) in [6.45, 7) is 0. The maximum Gasteiger partial charge on any atom is 0.338 e. The van der Waals surface area contributed by atoms with Crippen molar-refractivity contribution in [1.82, 2.24) is 14.6 Å². The Bertz CT molecular complexity index is 781. The van der Waals surface area contributed by atoms with E-state index in [1.165, 1.54) is 19.2 Å². The number of esters is 1. The minimum absolute atomic E-state index is 0.310. The molecule has 0 bridgehead atoms. The SMILES string of the molecule is COC(=O)c1ccn2c(-c3ccc(F)cc3)nnc2c1. The number of carbonyl (C=O) groups is 1. The van der Waals surface area contributed by atoms with Gasteiger partial charge in [0.1, 0.15) is 5.82 Å². The summed E-state index contributed by atoms with van der Waals surface area (Å²) in [6.07, 6.45) is 1.68. The lowest BCUT2D eigenvalue weighted by Gasteiger charge is -2.02. The van der Waals surface area contributed by atoms with Crippen LogP contribution in [0.3, 0.4) is 0 Å². The molecule has 2 aromatic heterocycles. The third-order valence-corrected chi connectivity index (χ3v) is 2.93. The summed E-state index contributed by atoms with van der Waals surface area (Å²) in [5.41, 5.74) is 1.66. The molecule has 0 fully saturated rings. The first-order valence-corrected chi connectivity index (χ1v) is 5.88. The highest BCUT2D eigenvalue weighted by Gasteiger charge is 2.11. The Morgan fingerprint density at radius 2 is 1.95 bits per heavy atom. The van der Waals surface area contributed by atoms with Gasteiger partial charge in [-0.2, -0.15) is 0 Å². The Morgan fingerprint density at radius 1 is 1.20 bits per heavy atom. The lowest BCUT2D eigenvalue weighted by molar-refractivity contribution is 0.0600. The summed E-state index contributed by atoms with van der Waals surface area (Å²) in [4.78, 5) is 11.5. The lowest BCUT2D eigenvalue weighted by Crippen LogP contribution is -2.02. The molecule has 0 atom stereocenters. The monoisotopic (exact) mass is 271 g/mol. The van der Waals surface area contributed by atoms with Gasteiger partial charge in [-0.15, -0.1) is 10.2 Å². The van der Waals surface area contributed by atoms with Crippen LogP contribution < -0.4 is 0 Å². The van der Waals surface area contributed by atoms with E-state index in [1.54, 1.807) is 34.9 Å². The number of benzene rings is 1. The van der Waals surface area contributed by atoms with E-state index in [1.807, 2.05) is 0 Å². The molecule has 0 saturated carbocycles. The molecule has 0 unspecified atom stereocenters. The van der Waals surface area contributed by atoms with Crippen molar-refractivity contribution in [2.45, 2.75) is 0 Å². The van der Waals surface area contributed by atoms with Crippen LogP contribution in [-0.4, -0.2) is 27.7 Å². The first-order chi connectivity index (χ1) is 9.69. The third-order valence-electron chi connectivity index (χ3n) is 2.93. The molecule has 0 aliphatic carbocycles. The van der Waals surface area contributed by atoms with Crippen molar-refractivity contribution < 1.29 is 13.9 Å². The van der Waals surface area contributed by atoms with Gasteiger partial charge in [0.25, 0.3) is 0 Å². The van der Waals surface area contributed by atoms with Gasteiger partial charge in [-0.05, 0) is 36.4 Å².